The molecule has 4 heterocycles. The molecule has 5 rings (SSSR count). The SMILES string of the molecule is CC(C)N(C)C(=O)c1ccc(-c2cc(NC3CC3)n3ncc(/C=C4\NC(=O)NC4=O)c3n2)s1. The van der Waals surface area contributed by atoms with Crippen molar-refractivity contribution in [3.05, 3.63) is 40.5 Å². The van der Waals surface area contributed by atoms with Crippen molar-refractivity contribution < 1.29 is 14.4 Å². The van der Waals surface area contributed by atoms with Crippen LogP contribution in [0.2, 0.25) is 0 Å². The number of hydrogen-bond acceptors (Lipinski definition) is 7. The third kappa shape index (κ3) is 4.07. The lowest BCUT2D eigenvalue weighted by molar-refractivity contribution is -0.115. The van der Waals surface area contributed by atoms with Crippen LogP contribution in [0, 0.1) is 0 Å². The zero-order valence-electron chi connectivity index (χ0n) is 18.4. The molecule has 1 aliphatic heterocycles. The normalized spacial score (nSPS) is 17.0. The van der Waals surface area contributed by atoms with Crippen molar-refractivity contribution in [2.24, 2.45) is 0 Å². The van der Waals surface area contributed by atoms with Gasteiger partial charge in [-0.25, -0.2) is 9.78 Å². The summed E-state index contributed by atoms with van der Waals surface area (Å²) in [6.07, 6.45) is 5.34. The largest absolute Gasteiger partial charge is 0.367 e. The molecule has 10 nitrogen and oxygen atoms in total. The minimum absolute atomic E-state index is 0.0311. The van der Waals surface area contributed by atoms with E-state index in [9.17, 15) is 14.4 Å². The van der Waals surface area contributed by atoms with Gasteiger partial charge in [-0.2, -0.15) is 9.61 Å². The minimum Gasteiger partial charge on any atom is -0.367 e. The first-order valence-electron chi connectivity index (χ1n) is 10.7. The monoisotopic (exact) mass is 465 g/mol. The van der Waals surface area contributed by atoms with Crippen LogP contribution in [0.3, 0.4) is 0 Å². The molecule has 3 aromatic rings. The maximum Gasteiger partial charge on any atom is 0.326 e. The van der Waals surface area contributed by atoms with Gasteiger partial charge in [0.2, 0.25) is 0 Å². The maximum atomic E-state index is 12.7. The van der Waals surface area contributed by atoms with Gasteiger partial charge in [-0.05, 0) is 44.9 Å². The molecule has 1 aliphatic carbocycles. The Kier molecular flexibility index (Phi) is 5.12. The number of carbonyl (C=O) groups is 3. The number of aromatic nitrogens is 3. The van der Waals surface area contributed by atoms with Crippen molar-refractivity contribution in [3.8, 4) is 10.6 Å². The first-order chi connectivity index (χ1) is 15.8. The number of nitrogens with zero attached hydrogens (tertiary/aromatic N) is 4. The summed E-state index contributed by atoms with van der Waals surface area (Å²) in [6, 6.07) is 5.56. The molecule has 0 spiro atoms. The summed E-state index contributed by atoms with van der Waals surface area (Å²) in [6.45, 7) is 3.95. The van der Waals surface area contributed by atoms with E-state index >= 15 is 0 Å². The number of nitrogens with one attached hydrogen (secondary N) is 3. The van der Waals surface area contributed by atoms with Crippen molar-refractivity contribution in [2.75, 3.05) is 12.4 Å². The van der Waals surface area contributed by atoms with Crippen LogP contribution in [-0.2, 0) is 4.79 Å². The highest BCUT2D eigenvalue weighted by Crippen LogP contribution is 2.32. The lowest BCUT2D eigenvalue weighted by Crippen LogP contribution is -2.32. The fourth-order valence-corrected chi connectivity index (χ4v) is 4.33. The molecule has 0 radical (unpaired) electrons. The Morgan fingerprint density at radius 2 is 2.09 bits per heavy atom. The number of hydrogen-bond donors (Lipinski definition) is 3. The molecule has 0 aromatic carbocycles. The Labute approximate surface area is 193 Å². The predicted octanol–water partition coefficient (Wildman–Crippen LogP) is 2.69. The average Bonchev–Trinajstić information content (AvgIpc) is 3.17. The van der Waals surface area contributed by atoms with Crippen molar-refractivity contribution in [3.63, 3.8) is 0 Å². The highest BCUT2D eigenvalue weighted by atomic mass is 32.1. The Morgan fingerprint density at radius 1 is 1.30 bits per heavy atom. The van der Waals surface area contributed by atoms with E-state index in [4.69, 9.17) is 4.98 Å². The van der Waals surface area contributed by atoms with Crippen LogP contribution in [0.5, 0.6) is 0 Å². The number of fused-ring (bicyclic) bond motifs is 1. The van der Waals surface area contributed by atoms with Crippen LogP contribution in [-0.4, -0.2) is 56.5 Å². The molecule has 11 heteroatoms. The van der Waals surface area contributed by atoms with Gasteiger partial charge in [0.1, 0.15) is 11.5 Å². The first kappa shape index (κ1) is 21.1. The summed E-state index contributed by atoms with van der Waals surface area (Å²) in [4.78, 5) is 44.2. The van der Waals surface area contributed by atoms with Crippen molar-refractivity contribution in [1.82, 2.24) is 30.1 Å². The zero-order chi connectivity index (χ0) is 23.3. The number of thiophene rings is 1. The molecular formula is C22H23N7O3S. The van der Waals surface area contributed by atoms with E-state index in [0.717, 1.165) is 23.5 Å². The Hall–Kier alpha value is -3.73. The van der Waals surface area contributed by atoms with Crippen LogP contribution >= 0.6 is 11.3 Å². The number of anilines is 1. The van der Waals surface area contributed by atoms with Crippen LogP contribution in [0.1, 0.15) is 41.9 Å². The molecular weight excluding hydrogens is 442 g/mol. The predicted molar refractivity (Wildman–Crippen MR) is 125 cm³/mol. The number of amides is 4. The topological polar surface area (TPSA) is 121 Å². The van der Waals surface area contributed by atoms with E-state index in [1.165, 1.54) is 11.3 Å². The second-order valence-electron chi connectivity index (χ2n) is 8.42. The lowest BCUT2D eigenvalue weighted by Gasteiger charge is -2.20. The Balaban J connectivity index is 1.57. The molecule has 4 amide bonds. The quantitative estimate of drug-likeness (QED) is 0.380. The third-order valence-electron chi connectivity index (χ3n) is 5.61. The van der Waals surface area contributed by atoms with E-state index in [1.54, 1.807) is 28.7 Å². The van der Waals surface area contributed by atoms with Gasteiger partial charge in [0.15, 0.2) is 5.65 Å². The maximum absolute atomic E-state index is 12.7. The number of imide groups is 1. The summed E-state index contributed by atoms with van der Waals surface area (Å²) in [5.74, 6) is 0.251. The first-order valence-corrected chi connectivity index (χ1v) is 11.5. The van der Waals surface area contributed by atoms with E-state index in [2.05, 4.69) is 21.0 Å². The van der Waals surface area contributed by atoms with Crippen molar-refractivity contribution >= 4 is 46.7 Å². The molecule has 0 bridgehead atoms. The minimum atomic E-state index is -0.561. The Morgan fingerprint density at radius 3 is 2.76 bits per heavy atom. The van der Waals surface area contributed by atoms with Gasteiger partial charge in [-0.15, -0.1) is 11.3 Å². The summed E-state index contributed by atoms with van der Waals surface area (Å²) in [5.41, 5.74) is 1.97. The van der Waals surface area contributed by atoms with Crippen molar-refractivity contribution in [1.29, 1.82) is 0 Å². The van der Waals surface area contributed by atoms with Gasteiger partial charge in [-0.3, -0.25) is 14.9 Å². The molecule has 0 atom stereocenters. The van der Waals surface area contributed by atoms with E-state index in [1.807, 2.05) is 32.0 Å². The fourth-order valence-electron chi connectivity index (χ4n) is 3.38. The standard InChI is InChI=1S/C22H23N7O3S/c1-11(2)28(3)21(31)17-7-6-16(33-17)14-9-18(24-13-4-5-13)29-19(25-14)12(10-23-29)8-15-20(30)27-22(32)26-15/h6-11,13,24H,4-5H2,1-3H3,(H2,26,27,30,32)/b15-8-. The molecule has 3 N–H and O–H groups in total. The van der Waals surface area contributed by atoms with Gasteiger partial charge in [0.05, 0.1) is 21.6 Å². The fraction of sp³-hybridized carbons (Fsp3) is 0.318. The number of carbonyl (C=O) groups excluding carboxylic acids is 3. The highest BCUT2D eigenvalue weighted by Gasteiger charge is 2.26. The van der Waals surface area contributed by atoms with Crippen LogP contribution in [0.15, 0.2) is 30.1 Å². The van der Waals surface area contributed by atoms with E-state index < -0.39 is 11.9 Å². The summed E-state index contributed by atoms with van der Waals surface area (Å²) in [7, 11) is 1.79. The molecule has 2 aliphatic rings. The van der Waals surface area contributed by atoms with E-state index in [0.29, 0.717) is 27.8 Å². The summed E-state index contributed by atoms with van der Waals surface area (Å²) < 4.78 is 1.69. The van der Waals surface area contributed by atoms with E-state index in [-0.39, 0.29) is 17.6 Å². The second-order valence-corrected chi connectivity index (χ2v) is 9.50. The van der Waals surface area contributed by atoms with Gasteiger partial charge in [0.25, 0.3) is 11.8 Å². The van der Waals surface area contributed by atoms with Crippen LogP contribution in [0.4, 0.5) is 10.6 Å². The zero-order valence-corrected chi connectivity index (χ0v) is 19.2. The molecule has 1 saturated heterocycles. The third-order valence-corrected chi connectivity index (χ3v) is 6.71. The summed E-state index contributed by atoms with van der Waals surface area (Å²) in [5, 5.41) is 12.6. The molecule has 170 valence electrons. The number of rotatable bonds is 6. The van der Waals surface area contributed by atoms with Gasteiger partial charge < -0.3 is 15.5 Å². The lowest BCUT2D eigenvalue weighted by atomic mass is 10.2. The van der Waals surface area contributed by atoms with Crippen LogP contribution < -0.4 is 16.0 Å². The van der Waals surface area contributed by atoms with Crippen molar-refractivity contribution in [2.45, 2.75) is 38.8 Å². The van der Waals surface area contributed by atoms with Gasteiger partial charge >= 0.3 is 6.03 Å². The number of urea groups is 1. The van der Waals surface area contributed by atoms with Crippen LogP contribution in [0.25, 0.3) is 22.3 Å². The highest BCUT2D eigenvalue weighted by molar-refractivity contribution is 7.17. The molecule has 1 saturated carbocycles. The van der Waals surface area contributed by atoms with Gasteiger partial charge in [0, 0.05) is 30.8 Å². The molecule has 33 heavy (non-hydrogen) atoms. The molecule has 3 aromatic heterocycles. The molecule has 2 fully saturated rings. The Bertz CT molecular complexity index is 1320. The second kappa shape index (κ2) is 8.00. The summed E-state index contributed by atoms with van der Waals surface area (Å²) >= 11 is 1.39. The smallest absolute Gasteiger partial charge is 0.326 e. The average molecular weight is 466 g/mol. The van der Waals surface area contributed by atoms with Gasteiger partial charge in [-0.1, -0.05) is 0 Å². The molecule has 0 unspecified atom stereocenters.